The molecule has 1 aromatic rings. The van der Waals surface area contributed by atoms with Crippen molar-refractivity contribution in [2.24, 2.45) is 0 Å². The lowest BCUT2D eigenvalue weighted by Gasteiger charge is -2.41. The van der Waals surface area contributed by atoms with Gasteiger partial charge in [0.15, 0.2) is 6.17 Å². The standard InChI is InChI=1S/C19H23F2N3O5/c1-12(25)22-9-14-10-24(18(26)29-14)13-2-3-16(15(20)8-13)23-5-4-19(17(21)11-23)27-6-7-28-19/h2-3,8,14,17H,4-7,9-11H2,1H3,(H,22,25)/t14-,17?/m0/s1. The average Bonchev–Trinajstić information content (AvgIpc) is 3.30. The predicted molar refractivity (Wildman–Crippen MR) is 99.1 cm³/mol. The van der Waals surface area contributed by atoms with Crippen molar-refractivity contribution >= 4 is 23.4 Å². The van der Waals surface area contributed by atoms with Crippen molar-refractivity contribution in [1.82, 2.24) is 5.32 Å². The van der Waals surface area contributed by atoms with E-state index in [1.54, 1.807) is 11.0 Å². The zero-order valence-corrected chi connectivity index (χ0v) is 16.0. The number of nitrogens with one attached hydrogen (secondary N) is 1. The maximum Gasteiger partial charge on any atom is 0.414 e. The van der Waals surface area contributed by atoms with Crippen molar-refractivity contribution in [3.05, 3.63) is 24.0 Å². The lowest BCUT2D eigenvalue weighted by molar-refractivity contribution is -0.207. The Balaban J connectivity index is 1.43. The molecule has 0 radical (unpaired) electrons. The van der Waals surface area contributed by atoms with Gasteiger partial charge < -0.3 is 24.4 Å². The number of rotatable bonds is 4. The van der Waals surface area contributed by atoms with Crippen molar-refractivity contribution < 1.29 is 32.6 Å². The fraction of sp³-hybridized carbons (Fsp3) is 0.579. The third-order valence-electron chi connectivity index (χ3n) is 5.40. The highest BCUT2D eigenvalue weighted by atomic mass is 19.1. The second-order valence-corrected chi connectivity index (χ2v) is 7.36. The molecular weight excluding hydrogens is 388 g/mol. The van der Waals surface area contributed by atoms with Crippen LogP contribution >= 0.6 is 0 Å². The summed E-state index contributed by atoms with van der Waals surface area (Å²) in [6, 6.07) is 4.36. The summed E-state index contributed by atoms with van der Waals surface area (Å²) in [6.07, 6.45) is -2.20. The Labute approximate surface area is 166 Å². The second kappa shape index (κ2) is 7.75. The van der Waals surface area contributed by atoms with E-state index in [1.807, 2.05) is 0 Å². The number of ether oxygens (including phenoxy) is 3. The molecule has 0 aliphatic carbocycles. The number of alkyl halides is 1. The number of carbonyl (C=O) groups is 2. The lowest BCUT2D eigenvalue weighted by atomic mass is 10.0. The third kappa shape index (κ3) is 3.86. The van der Waals surface area contributed by atoms with Crippen LogP contribution in [0.15, 0.2) is 18.2 Å². The van der Waals surface area contributed by atoms with Crippen molar-refractivity contribution in [2.75, 3.05) is 49.2 Å². The number of piperidine rings is 1. The van der Waals surface area contributed by atoms with Crippen molar-refractivity contribution in [3.63, 3.8) is 0 Å². The molecule has 1 aromatic carbocycles. The molecule has 1 unspecified atom stereocenters. The highest BCUT2D eigenvalue weighted by molar-refractivity contribution is 5.90. The van der Waals surface area contributed by atoms with Gasteiger partial charge in [-0.1, -0.05) is 0 Å². The highest BCUT2D eigenvalue weighted by Crippen LogP contribution is 2.37. The minimum absolute atomic E-state index is 0.0409. The molecule has 0 aromatic heterocycles. The molecule has 1 N–H and O–H groups in total. The van der Waals surface area contributed by atoms with Gasteiger partial charge in [0.2, 0.25) is 11.7 Å². The largest absolute Gasteiger partial charge is 0.442 e. The molecule has 10 heteroatoms. The second-order valence-electron chi connectivity index (χ2n) is 7.36. The first-order chi connectivity index (χ1) is 13.9. The van der Waals surface area contributed by atoms with Crippen LogP contribution in [0.4, 0.5) is 25.0 Å². The maximum atomic E-state index is 14.8. The van der Waals surface area contributed by atoms with Gasteiger partial charge in [-0.15, -0.1) is 0 Å². The number of hydrogen-bond donors (Lipinski definition) is 1. The Morgan fingerprint density at radius 2 is 2.07 bits per heavy atom. The van der Waals surface area contributed by atoms with Crippen LogP contribution in [0.1, 0.15) is 13.3 Å². The van der Waals surface area contributed by atoms with Crippen LogP contribution < -0.4 is 15.1 Å². The number of carbonyl (C=O) groups excluding carboxylic acids is 2. The van der Waals surface area contributed by atoms with Gasteiger partial charge in [0.05, 0.1) is 44.2 Å². The van der Waals surface area contributed by atoms with Gasteiger partial charge >= 0.3 is 6.09 Å². The minimum atomic E-state index is -1.39. The summed E-state index contributed by atoms with van der Waals surface area (Å²) < 4.78 is 45.5. The number of benzene rings is 1. The Morgan fingerprint density at radius 3 is 2.72 bits per heavy atom. The fourth-order valence-electron chi connectivity index (χ4n) is 3.90. The molecule has 3 saturated heterocycles. The first kappa shape index (κ1) is 19.8. The number of amides is 2. The van der Waals surface area contributed by atoms with E-state index in [0.29, 0.717) is 31.9 Å². The Morgan fingerprint density at radius 1 is 1.31 bits per heavy atom. The van der Waals surface area contributed by atoms with Gasteiger partial charge in [-0.2, -0.15) is 0 Å². The summed E-state index contributed by atoms with van der Waals surface area (Å²) in [4.78, 5) is 26.0. The van der Waals surface area contributed by atoms with Crippen LogP contribution in [-0.4, -0.2) is 69.5 Å². The van der Waals surface area contributed by atoms with Crippen LogP contribution in [0.5, 0.6) is 0 Å². The van der Waals surface area contributed by atoms with E-state index >= 15 is 0 Å². The van der Waals surface area contributed by atoms with Crippen LogP contribution in [-0.2, 0) is 19.0 Å². The monoisotopic (exact) mass is 411 g/mol. The van der Waals surface area contributed by atoms with Crippen molar-refractivity contribution in [2.45, 2.75) is 31.4 Å². The molecule has 8 nitrogen and oxygen atoms in total. The van der Waals surface area contributed by atoms with E-state index in [0.717, 1.165) is 0 Å². The molecule has 2 amide bonds. The molecule has 158 valence electrons. The summed E-state index contributed by atoms with van der Waals surface area (Å²) in [5, 5.41) is 2.59. The van der Waals surface area contributed by atoms with Crippen LogP contribution in [0.25, 0.3) is 0 Å². The lowest BCUT2D eigenvalue weighted by Crippen LogP contribution is -2.54. The van der Waals surface area contributed by atoms with Crippen molar-refractivity contribution in [1.29, 1.82) is 0 Å². The van der Waals surface area contributed by atoms with Gasteiger partial charge in [0, 0.05) is 19.9 Å². The predicted octanol–water partition coefficient (Wildman–Crippen LogP) is 1.58. The van der Waals surface area contributed by atoms with E-state index in [9.17, 15) is 18.4 Å². The molecule has 0 saturated carbocycles. The summed E-state index contributed by atoms with van der Waals surface area (Å²) in [5.74, 6) is -2.00. The maximum absolute atomic E-state index is 14.8. The van der Waals surface area contributed by atoms with Crippen LogP contribution in [0.2, 0.25) is 0 Å². The molecule has 4 rings (SSSR count). The zero-order chi connectivity index (χ0) is 20.6. The summed E-state index contributed by atoms with van der Waals surface area (Å²) >= 11 is 0. The molecule has 2 atom stereocenters. The van der Waals surface area contributed by atoms with Gasteiger partial charge in [0.1, 0.15) is 11.9 Å². The average molecular weight is 411 g/mol. The van der Waals surface area contributed by atoms with Gasteiger partial charge in [0.25, 0.3) is 0 Å². The van der Waals surface area contributed by atoms with E-state index in [4.69, 9.17) is 14.2 Å². The third-order valence-corrected chi connectivity index (χ3v) is 5.40. The zero-order valence-electron chi connectivity index (χ0n) is 16.0. The van der Waals surface area contributed by atoms with E-state index in [2.05, 4.69) is 5.32 Å². The van der Waals surface area contributed by atoms with Gasteiger partial charge in [-0.05, 0) is 18.2 Å². The quantitative estimate of drug-likeness (QED) is 0.811. The molecule has 29 heavy (non-hydrogen) atoms. The van der Waals surface area contributed by atoms with Gasteiger partial charge in [-0.25, -0.2) is 13.6 Å². The van der Waals surface area contributed by atoms with E-state index in [-0.39, 0.29) is 31.2 Å². The number of hydrogen-bond acceptors (Lipinski definition) is 6. The van der Waals surface area contributed by atoms with Crippen molar-refractivity contribution in [3.8, 4) is 0 Å². The molecule has 0 bridgehead atoms. The fourth-order valence-corrected chi connectivity index (χ4v) is 3.90. The number of halogens is 2. The van der Waals surface area contributed by atoms with Crippen LogP contribution in [0.3, 0.4) is 0 Å². The highest BCUT2D eigenvalue weighted by Gasteiger charge is 2.49. The molecule has 3 fully saturated rings. The van der Waals surface area contributed by atoms with E-state index < -0.39 is 30.0 Å². The number of nitrogens with zero attached hydrogens (tertiary/aromatic N) is 2. The Hall–Kier alpha value is -2.46. The minimum Gasteiger partial charge on any atom is -0.442 e. The Bertz CT molecular complexity index is 802. The molecule has 3 aliphatic rings. The number of cyclic esters (lactones) is 1. The SMILES string of the molecule is CC(=O)NC[C@H]1CN(c2ccc(N3CCC4(OCCO4)C(F)C3)c(F)c2)C(=O)O1. The van der Waals surface area contributed by atoms with Gasteiger partial charge in [-0.3, -0.25) is 9.69 Å². The topological polar surface area (TPSA) is 80.3 Å². The molecule has 3 heterocycles. The summed E-state index contributed by atoms with van der Waals surface area (Å²) in [6.45, 7) is 2.83. The normalized spacial score (nSPS) is 26.1. The Kier molecular flexibility index (Phi) is 5.30. The first-order valence-corrected chi connectivity index (χ1v) is 9.57. The molecule has 3 aliphatic heterocycles. The number of anilines is 2. The summed E-state index contributed by atoms with van der Waals surface area (Å²) in [7, 11) is 0. The molecular formula is C19H23F2N3O5. The van der Waals surface area contributed by atoms with E-state index in [1.165, 1.54) is 24.0 Å². The first-order valence-electron chi connectivity index (χ1n) is 9.57. The molecule has 1 spiro atoms. The summed E-state index contributed by atoms with van der Waals surface area (Å²) in [5.41, 5.74) is 0.598. The van der Waals surface area contributed by atoms with Crippen LogP contribution in [0, 0.1) is 5.82 Å². The smallest absolute Gasteiger partial charge is 0.414 e.